The van der Waals surface area contributed by atoms with Gasteiger partial charge in [0.25, 0.3) is 0 Å². The van der Waals surface area contributed by atoms with E-state index >= 15 is 0 Å². The number of esters is 1. The minimum absolute atomic E-state index is 0.124. The number of rotatable bonds is 5. The third-order valence-electron chi connectivity index (χ3n) is 7.65. The third kappa shape index (κ3) is 3.36. The molecular formula is C32H25N3O3. The van der Waals surface area contributed by atoms with E-state index < -0.39 is 29.4 Å². The minimum Gasteiger partial charge on any atom is -0.465 e. The molecule has 4 aromatic rings. The number of carbonyl (C=O) groups is 2. The highest BCUT2D eigenvalue weighted by molar-refractivity contribution is 6.08. The smallest absolute Gasteiger partial charge is 0.329 e. The fourth-order valence-electron chi connectivity index (χ4n) is 6.09. The molecule has 0 spiro atoms. The Bertz CT molecular complexity index is 1610. The van der Waals surface area contributed by atoms with E-state index in [1.165, 1.54) is 0 Å². The Labute approximate surface area is 220 Å². The molecule has 3 heterocycles. The molecule has 2 aliphatic rings. The van der Waals surface area contributed by atoms with Crippen molar-refractivity contribution in [3.63, 3.8) is 0 Å². The van der Waals surface area contributed by atoms with Gasteiger partial charge in [-0.05, 0) is 24.1 Å². The van der Waals surface area contributed by atoms with Crippen LogP contribution in [0, 0.1) is 16.7 Å². The summed E-state index contributed by atoms with van der Waals surface area (Å²) in [4.78, 5) is 35.0. The zero-order valence-corrected chi connectivity index (χ0v) is 20.8. The summed E-state index contributed by atoms with van der Waals surface area (Å²) in [6, 6.07) is 27.0. The number of Topliss-reactive ketones (excluding diaryl/α,β-unsaturated/α-hetero) is 1. The maximum Gasteiger partial charge on any atom is 0.329 e. The van der Waals surface area contributed by atoms with Gasteiger partial charge in [0.05, 0.1) is 29.9 Å². The molecule has 4 atom stereocenters. The van der Waals surface area contributed by atoms with Gasteiger partial charge in [-0.3, -0.25) is 14.6 Å². The highest BCUT2D eigenvalue weighted by Crippen LogP contribution is 2.57. The van der Waals surface area contributed by atoms with Gasteiger partial charge in [-0.15, -0.1) is 0 Å². The summed E-state index contributed by atoms with van der Waals surface area (Å²) in [5.41, 5.74) is 1.91. The van der Waals surface area contributed by atoms with Crippen LogP contribution in [0.4, 0.5) is 5.69 Å². The van der Waals surface area contributed by atoms with Crippen LogP contribution in [-0.4, -0.2) is 35.4 Å². The summed E-state index contributed by atoms with van der Waals surface area (Å²) < 4.78 is 5.58. The Kier molecular flexibility index (Phi) is 5.77. The molecule has 1 aromatic heterocycles. The lowest BCUT2D eigenvalue weighted by atomic mass is 9.68. The van der Waals surface area contributed by atoms with Crippen molar-refractivity contribution in [3.05, 3.63) is 114 Å². The molecule has 6 nitrogen and oxygen atoms in total. The van der Waals surface area contributed by atoms with Crippen molar-refractivity contribution in [2.24, 2.45) is 5.41 Å². The van der Waals surface area contributed by atoms with E-state index in [0.29, 0.717) is 5.56 Å². The van der Waals surface area contributed by atoms with Crippen LogP contribution >= 0.6 is 0 Å². The Morgan fingerprint density at radius 2 is 1.74 bits per heavy atom. The number of aromatic nitrogens is 1. The van der Waals surface area contributed by atoms with Gasteiger partial charge in [0.1, 0.15) is 6.04 Å². The number of nitrogens with zero attached hydrogens (tertiary/aromatic N) is 3. The van der Waals surface area contributed by atoms with Gasteiger partial charge in [-0.1, -0.05) is 91.0 Å². The molecule has 1 fully saturated rings. The summed E-state index contributed by atoms with van der Waals surface area (Å²) in [5, 5.41) is 11.8. The van der Waals surface area contributed by atoms with E-state index in [0.717, 1.165) is 27.7 Å². The fraction of sp³-hybridized carbons (Fsp3) is 0.188. The number of ether oxygens (including phenoxy) is 1. The molecule has 6 rings (SSSR count). The first-order chi connectivity index (χ1) is 18.6. The highest BCUT2D eigenvalue weighted by atomic mass is 16.5. The molecule has 0 saturated carbocycles. The summed E-state index contributed by atoms with van der Waals surface area (Å²) >= 11 is 0. The molecule has 0 unspecified atom stereocenters. The van der Waals surface area contributed by atoms with Crippen LogP contribution in [0.25, 0.3) is 17.0 Å². The van der Waals surface area contributed by atoms with Gasteiger partial charge in [0.2, 0.25) is 0 Å². The molecule has 2 aliphatic heterocycles. The van der Waals surface area contributed by atoms with Crippen LogP contribution in [0.2, 0.25) is 0 Å². The molecule has 186 valence electrons. The molecule has 3 aromatic carbocycles. The Morgan fingerprint density at radius 1 is 1.00 bits per heavy atom. The average molecular weight is 500 g/mol. The quantitative estimate of drug-likeness (QED) is 0.264. The summed E-state index contributed by atoms with van der Waals surface area (Å²) in [6.07, 6.45) is 5.51. The predicted octanol–water partition coefficient (Wildman–Crippen LogP) is 5.56. The topological polar surface area (TPSA) is 83.3 Å². The molecule has 38 heavy (non-hydrogen) atoms. The first-order valence-corrected chi connectivity index (χ1v) is 12.7. The maximum atomic E-state index is 14.5. The predicted molar refractivity (Wildman–Crippen MR) is 145 cm³/mol. The van der Waals surface area contributed by atoms with Gasteiger partial charge in [-0.25, -0.2) is 0 Å². The van der Waals surface area contributed by atoms with Crippen molar-refractivity contribution in [2.45, 2.75) is 24.9 Å². The van der Waals surface area contributed by atoms with Gasteiger partial charge in [0, 0.05) is 23.1 Å². The first kappa shape index (κ1) is 23.6. The Morgan fingerprint density at radius 3 is 2.45 bits per heavy atom. The zero-order valence-electron chi connectivity index (χ0n) is 20.8. The number of benzene rings is 3. The lowest BCUT2D eigenvalue weighted by molar-refractivity contribution is -0.152. The van der Waals surface area contributed by atoms with E-state index in [9.17, 15) is 14.9 Å². The average Bonchev–Trinajstić information content (AvgIpc) is 3.29. The van der Waals surface area contributed by atoms with Crippen LogP contribution in [0.15, 0.2) is 97.2 Å². The van der Waals surface area contributed by atoms with E-state index in [1.54, 1.807) is 25.3 Å². The Hall–Kier alpha value is -4.76. The second-order valence-electron chi connectivity index (χ2n) is 9.55. The number of fused-ring (bicyclic) bond motifs is 5. The van der Waals surface area contributed by atoms with Crippen LogP contribution in [-0.2, 0) is 9.53 Å². The standard InChI is InChI=1S/C32H25N3O3/c1-2-38-31(37)32(20-33)25-18-17-23-16-15-22-14-9-19-34-27(22)28(23)35(25)29(26(32)21-10-5-3-6-11-21)30(36)24-12-7-4-8-13-24/h3-19,25-26,29H,2H2,1H3/t25-,26-,29+,32-/m1/s1. The zero-order chi connectivity index (χ0) is 26.3. The fourth-order valence-corrected chi connectivity index (χ4v) is 6.09. The van der Waals surface area contributed by atoms with E-state index in [2.05, 4.69) is 11.1 Å². The molecule has 1 saturated heterocycles. The Balaban J connectivity index is 1.69. The molecule has 0 amide bonds. The number of pyridine rings is 1. The molecule has 0 N–H and O–H groups in total. The highest BCUT2D eigenvalue weighted by Gasteiger charge is 2.67. The maximum absolute atomic E-state index is 14.5. The van der Waals surface area contributed by atoms with E-state index in [-0.39, 0.29) is 12.4 Å². The van der Waals surface area contributed by atoms with Crippen molar-refractivity contribution in [3.8, 4) is 6.07 Å². The van der Waals surface area contributed by atoms with Crippen molar-refractivity contribution < 1.29 is 14.3 Å². The second kappa shape index (κ2) is 9.28. The van der Waals surface area contributed by atoms with Gasteiger partial charge in [0.15, 0.2) is 11.2 Å². The van der Waals surface area contributed by atoms with Gasteiger partial charge < -0.3 is 9.64 Å². The van der Waals surface area contributed by atoms with Crippen LogP contribution in [0.3, 0.4) is 0 Å². The normalized spacial score (nSPS) is 23.4. The SMILES string of the molecule is CCOC(=O)[C@@]1(C#N)[C@H](c2ccccc2)[C@@H](C(=O)c2ccccc2)N2c3c(ccc4cccnc34)C=C[C@@H]21. The first-order valence-electron chi connectivity index (χ1n) is 12.7. The van der Waals surface area contributed by atoms with Crippen LogP contribution in [0.1, 0.15) is 34.3 Å². The molecule has 0 radical (unpaired) electrons. The van der Waals surface area contributed by atoms with Gasteiger partial charge >= 0.3 is 5.97 Å². The molecule has 0 bridgehead atoms. The number of hydrogen-bond donors (Lipinski definition) is 0. The summed E-state index contributed by atoms with van der Waals surface area (Å²) in [5.74, 6) is -1.59. The van der Waals surface area contributed by atoms with Crippen molar-refractivity contribution in [1.82, 2.24) is 4.98 Å². The molecular weight excluding hydrogens is 474 g/mol. The summed E-state index contributed by atoms with van der Waals surface area (Å²) in [7, 11) is 0. The number of nitriles is 1. The summed E-state index contributed by atoms with van der Waals surface area (Å²) in [6.45, 7) is 1.85. The van der Waals surface area contributed by atoms with Gasteiger partial charge in [-0.2, -0.15) is 5.26 Å². The molecule has 0 aliphatic carbocycles. The van der Waals surface area contributed by atoms with Crippen molar-refractivity contribution in [2.75, 3.05) is 11.5 Å². The largest absolute Gasteiger partial charge is 0.465 e. The van der Waals surface area contributed by atoms with Crippen LogP contribution < -0.4 is 4.90 Å². The lowest BCUT2D eigenvalue weighted by Gasteiger charge is -2.36. The number of hydrogen-bond acceptors (Lipinski definition) is 6. The molecule has 6 heteroatoms. The van der Waals surface area contributed by atoms with Crippen molar-refractivity contribution >= 4 is 34.4 Å². The van der Waals surface area contributed by atoms with Crippen molar-refractivity contribution in [1.29, 1.82) is 5.26 Å². The third-order valence-corrected chi connectivity index (χ3v) is 7.65. The number of anilines is 1. The minimum atomic E-state index is -1.67. The monoisotopic (exact) mass is 499 g/mol. The van der Waals surface area contributed by atoms with E-state index in [1.807, 2.05) is 89.8 Å². The second-order valence-corrected chi connectivity index (χ2v) is 9.55. The number of carbonyl (C=O) groups excluding carboxylic acids is 2. The van der Waals surface area contributed by atoms with E-state index in [4.69, 9.17) is 4.74 Å². The van der Waals surface area contributed by atoms with Crippen LogP contribution in [0.5, 0.6) is 0 Å². The number of ketones is 1. The lowest BCUT2D eigenvalue weighted by Crippen LogP contribution is -2.47.